The number of rotatable bonds is 4. The maximum Gasteiger partial charge on any atom is 0.225 e. The summed E-state index contributed by atoms with van der Waals surface area (Å²) in [4.78, 5) is 13.3. The van der Waals surface area contributed by atoms with Gasteiger partial charge in [0.2, 0.25) is 5.95 Å². The lowest BCUT2D eigenvalue weighted by Crippen LogP contribution is -2.46. The van der Waals surface area contributed by atoms with Gasteiger partial charge in [-0.05, 0) is 24.1 Å². The Kier molecular flexibility index (Phi) is 4.65. The molecule has 2 heterocycles. The summed E-state index contributed by atoms with van der Waals surface area (Å²) in [5.41, 5.74) is 2.25. The largest absolute Gasteiger partial charge is 0.389 e. The third-order valence-electron chi connectivity index (χ3n) is 4.08. The van der Waals surface area contributed by atoms with Crippen molar-refractivity contribution < 1.29 is 5.11 Å². The van der Waals surface area contributed by atoms with Crippen LogP contribution in [0.25, 0.3) is 0 Å². The number of aromatic nitrogens is 2. The molecular formula is C17H22N4O. The Labute approximate surface area is 131 Å². The van der Waals surface area contributed by atoms with Gasteiger partial charge in [0.25, 0.3) is 0 Å². The molecule has 116 valence electrons. The van der Waals surface area contributed by atoms with Crippen LogP contribution in [0.15, 0.2) is 42.7 Å². The van der Waals surface area contributed by atoms with E-state index in [0.29, 0.717) is 0 Å². The van der Waals surface area contributed by atoms with Crippen molar-refractivity contribution in [1.82, 2.24) is 14.9 Å². The van der Waals surface area contributed by atoms with Gasteiger partial charge >= 0.3 is 0 Å². The Balaban J connectivity index is 1.53. The lowest BCUT2D eigenvalue weighted by Gasteiger charge is -2.34. The van der Waals surface area contributed by atoms with Crippen LogP contribution in [0.2, 0.25) is 0 Å². The maximum atomic E-state index is 9.55. The van der Waals surface area contributed by atoms with Gasteiger partial charge in [-0.2, -0.15) is 0 Å². The van der Waals surface area contributed by atoms with Crippen LogP contribution in [0.3, 0.4) is 0 Å². The highest BCUT2D eigenvalue weighted by Gasteiger charge is 2.18. The highest BCUT2D eigenvalue weighted by molar-refractivity contribution is 5.29. The SMILES string of the molecule is CC(O)c1ccc(CN2CCN(c3ncccn3)CC2)cc1. The standard InChI is InChI=1S/C17H22N4O/c1-14(22)16-5-3-15(4-6-16)13-20-9-11-21(12-10-20)17-18-7-2-8-19-17/h2-8,14,22H,9-13H2,1H3. The Morgan fingerprint density at radius 1 is 1.05 bits per heavy atom. The summed E-state index contributed by atoms with van der Waals surface area (Å²) in [6, 6.07) is 10.1. The number of hydrogen-bond acceptors (Lipinski definition) is 5. The summed E-state index contributed by atoms with van der Waals surface area (Å²) in [7, 11) is 0. The van der Waals surface area contributed by atoms with Crippen molar-refractivity contribution in [2.24, 2.45) is 0 Å². The Morgan fingerprint density at radius 3 is 2.27 bits per heavy atom. The zero-order chi connectivity index (χ0) is 15.4. The molecule has 1 aliphatic rings. The van der Waals surface area contributed by atoms with E-state index in [1.54, 1.807) is 19.3 Å². The van der Waals surface area contributed by atoms with Gasteiger partial charge in [-0.15, -0.1) is 0 Å². The number of nitrogens with zero attached hydrogens (tertiary/aromatic N) is 4. The minimum absolute atomic E-state index is 0.400. The molecule has 1 atom stereocenters. The molecule has 5 nitrogen and oxygen atoms in total. The third-order valence-corrected chi connectivity index (χ3v) is 4.08. The number of benzene rings is 1. The van der Waals surface area contributed by atoms with E-state index in [2.05, 4.69) is 31.9 Å². The van der Waals surface area contributed by atoms with Gasteiger partial charge in [0.05, 0.1) is 6.10 Å². The van der Waals surface area contributed by atoms with Crippen molar-refractivity contribution in [3.8, 4) is 0 Å². The molecule has 0 bridgehead atoms. The molecule has 0 amide bonds. The zero-order valence-electron chi connectivity index (χ0n) is 12.9. The quantitative estimate of drug-likeness (QED) is 0.933. The second-order valence-electron chi connectivity index (χ2n) is 5.73. The van der Waals surface area contributed by atoms with Crippen molar-refractivity contribution in [1.29, 1.82) is 0 Å². The molecule has 1 N–H and O–H groups in total. The summed E-state index contributed by atoms with van der Waals surface area (Å²) < 4.78 is 0. The minimum atomic E-state index is -0.400. The first-order chi connectivity index (χ1) is 10.7. The number of piperazine rings is 1. The highest BCUT2D eigenvalue weighted by atomic mass is 16.3. The van der Waals surface area contributed by atoms with Crippen LogP contribution in [-0.2, 0) is 6.54 Å². The summed E-state index contributed by atoms with van der Waals surface area (Å²) in [6.45, 7) is 6.67. The van der Waals surface area contributed by atoms with E-state index in [1.165, 1.54) is 5.56 Å². The van der Waals surface area contributed by atoms with E-state index in [-0.39, 0.29) is 0 Å². The van der Waals surface area contributed by atoms with E-state index in [4.69, 9.17) is 0 Å². The van der Waals surface area contributed by atoms with Crippen LogP contribution < -0.4 is 4.90 Å². The fourth-order valence-corrected chi connectivity index (χ4v) is 2.72. The van der Waals surface area contributed by atoms with E-state index in [9.17, 15) is 5.11 Å². The lowest BCUT2D eigenvalue weighted by atomic mass is 10.1. The normalized spacial score (nSPS) is 17.5. The maximum absolute atomic E-state index is 9.55. The molecule has 0 spiro atoms. The monoisotopic (exact) mass is 298 g/mol. The van der Waals surface area contributed by atoms with Gasteiger partial charge in [0.15, 0.2) is 0 Å². The molecule has 1 aromatic heterocycles. The number of aliphatic hydroxyl groups excluding tert-OH is 1. The second kappa shape index (κ2) is 6.85. The fraction of sp³-hybridized carbons (Fsp3) is 0.412. The Hall–Kier alpha value is -1.98. The first-order valence-corrected chi connectivity index (χ1v) is 7.73. The van der Waals surface area contributed by atoms with Gasteiger partial charge in [-0.3, -0.25) is 4.90 Å². The van der Waals surface area contributed by atoms with E-state index < -0.39 is 6.10 Å². The van der Waals surface area contributed by atoms with E-state index >= 15 is 0 Å². The van der Waals surface area contributed by atoms with Crippen LogP contribution in [0.4, 0.5) is 5.95 Å². The van der Waals surface area contributed by atoms with Gasteiger partial charge in [-0.25, -0.2) is 9.97 Å². The Morgan fingerprint density at radius 2 is 1.68 bits per heavy atom. The average Bonchev–Trinajstić information content (AvgIpc) is 2.57. The first-order valence-electron chi connectivity index (χ1n) is 7.73. The summed E-state index contributed by atoms with van der Waals surface area (Å²) in [5, 5.41) is 9.55. The van der Waals surface area contributed by atoms with Gasteiger partial charge in [0.1, 0.15) is 0 Å². The molecule has 1 unspecified atom stereocenters. The third kappa shape index (κ3) is 3.61. The van der Waals surface area contributed by atoms with Crippen LogP contribution in [0.1, 0.15) is 24.2 Å². The fourth-order valence-electron chi connectivity index (χ4n) is 2.72. The van der Waals surface area contributed by atoms with Crippen LogP contribution >= 0.6 is 0 Å². The van der Waals surface area contributed by atoms with E-state index in [0.717, 1.165) is 44.2 Å². The molecule has 0 aliphatic carbocycles. The Bertz CT molecular complexity index is 577. The molecule has 0 radical (unpaired) electrons. The minimum Gasteiger partial charge on any atom is -0.389 e. The van der Waals surface area contributed by atoms with E-state index in [1.807, 2.05) is 18.2 Å². The smallest absolute Gasteiger partial charge is 0.225 e. The molecule has 5 heteroatoms. The molecule has 1 aliphatic heterocycles. The molecule has 1 aromatic carbocycles. The summed E-state index contributed by atoms with van der Waals surface area (Å²) >= 11 is 0. The van der Waals surface area contributed by atoms with Gasteiger partial charge in [0, 0.05) is 45.1 Å². The molecular weight excluding hydrogens is 276 g/mol. The first kappa shape index (κ1) is 14.9. The van der Waals surface area contributed by atoms with Crippen LogP contribution in [0.5, 0.6) is 0 Å². The zero-order valence-corrected chi connectivity index (χ0v) is 12.9. The molecule has 1 fully saturated rings. The van der Waals surface area contributed by atoms with Crippen molar-refractivity contribution in [3.63, 3.8) is 0 Å². The van der Waals surface area contributed by atoms with Gasteiger partial charge < -0.3 is 10.0 Å². The topological polar surface area (TPSA) is 52.5 Å². The number of hydrogen-bond donors (Lipinski definition) is 1. The average molecular weight is 298 g/mol. The van der Waals surface area contributed by atoms with Crippen molar-refractivity contribution >= 4 is 5.95 Å². The second-order valence-corrected chi connectivity index (χ2v) is 5.73. The lowest BCUT2D eigenvalue weighted by molar-refractivity contribution is 0.199. The number of anilines is 1. The molecule has 2 aromatic rings. The number of aliphatic hydroxyl groups is 1. The summed E-state index contributed by atoms with van der Waals surface area (Å²) in [6.07, 6.45) is 3.18. The van der Waals surface area contributed by atoms with Crippen LogP contribution in [-0.4, -0.2) is 46.2 Å². The van der Waals surface area contributed by atoms with Gasteiger partial charge in [-0.1, -0.05) is 24.3 Å². The molecule has 0 saturated carbocycles. The molecule has 3 rings (SSSR count). The molecule has 22 heavy (non-hydrogen) atoms. The van der Waals surface area contributed by atoms with Crippen LogP contribution in [0, 0.1) is 0 Å². The van der Waals surface area contributed by atoms with Crippen molar-refractivity contribution in [2.75, 3.05) is 31.1 Å². The van der Waals surface area contributed by atoms with Crippen molar-refractivity contribution in [2.45, 2.75) is 19.6 Å². The molecule has 1 saturated heterocycles. The van der Waals surface area contributed by atoms with Crippen molar-refractivity contribution in [3.05, 3.63) is 53.9 Å². The predicted octanol–water partition coefficient (Wildman–Crippen LogP) is 1.85. The predicted molar refractivity (Wildman–Crippen MR) is 86.6 cm³/mol. The highest BCUT2D eigenvalue weighted by Crippen LogP contribution is 2.15. The summed E-state index contributed by atoms with van der Waals surface area (Å²) in [5.74, 6) is 0.823.